The second-order valence-corrected chi connectivity index (χ2v) is 3.58. The van der Waals surface area contributed by atoms with Gasteiger partial charge in [-0.2, -0.15) is 0 Å². The first-order valence-corrected chi connectivity index (χ1v) is 4.81. The maximum Gasteiger partial charge on any atom is 0.0502 e. The van der Waals surface area contributed by atoms with Gasteiger partial charge in [-0.25, -0.2) is 0 Å². The Kier molecular flexibility index (Phi) is 2.06. The fourth-order valence-electron chi connectivity index (χ4n) is 1.29. The first-order valence-electron chi connectivity index (χ1n) is 3.93. The van der Waals surface area contributed by atoms with Crippen LogP contribution >= 0.6 is 11.3 Å². The third-order valence-electron chi connectivity index (χ3n) is 1.84. The van der Waals surface area contributed by atoms with Crippen LogP contribution in [-0.2, 0) is 6.42 Å². The minimum Gasteiger partial charge on any atom is -0.330 e. The highest BCUT2D eigenvalue weighted by Crippen LogP contribution is 2.22. The Morgan fingerprint density at radius 3 is 3.17 bits per heavy atom. The third kappa shape index (κ3) is 1.21. The molecule has 2 aromatic rings. The highest BCUT2D eigenvalue weighted by Gasteiger charge is 2.00. The van der Waals surface area contributed by atoms with Gasteiger partial charge in [-0.05, 0) is 24.1 Å². The van der Waals surface area contributed by atoms with E-state index < -0.39 is 0 Å². The van der Waals surface area contributed by atoms with Crippen molar-refractivity contribution in [3.8, 4) is 0 Å². The van der Waals surface area contributed by atoms with Crippen molar-refractivity contribution in [2.75, 3.05) is 6.54 Å². The van der Waals surface area contributed by atoms with Gasteiger partial charge in [0.1, 0.15) is 0 Å². The van der Waals surface area contributed by atoms with Crippen molar-refractivity contribution in [1.29, 1.82) is 0 Å². The number of hydrogen-bond donors (Lipinski definition) is 1. The Morgan fingerprint density at radius 1 is 1.42 bits per heavy atom. The maximum absolute atomic E-state index is 5.48. The van der Waals surface area contributed by atoms with Crippen LogP contribution in [0.3, 0.4) is 0 Å². The summed E-state index contributed by atoms with van der Waals surface area (Å²) in [5, 5.41) is 3.35. The Labute approximate surface area is 75.0 Å². The van der Waals surface area contributed by atoms with Gasteiger partial charge in [0.2, 0.25) is 0 Å². The van der Waals surface area contributed by atoms with Crippen LogP contribution < -0.4 is 5.73 Å². The lowest BCUT2D eigenvalue weighted by Gasteiger charge is -1.98. The van der Waals surface area contributed by atoms with E-state index >= 15 is 0 Å². The van der Waals surface area contributed by atoms with Crippen LogP contribution in [0.5, 0.6) is 0 Å². The van der Waals surface area contributed by atoms with Gasteiger partial charge in [-0.1, -0.05) is 0 Å². The van der Waals surface area contributed by atoms with Gasteiger partial charge < -0.3 is 5.73 Å². The Balaban J connectivity index is 2.57. The van der Waals surface area contributed by atoms with Gasteiger partial charge in [0.25, 0.3) is 0 Å². The summed E-state index contributed by atoms with van der Waals surface area (Å²) in [4.78, 5) is 4.30. The van der Waals surface area contributed by atoms with Gasteiger partial charge >= 0.3 is 0 Å². The molecule has 0 aliphatic heterocycles. The fraction of sp³-hybridized carbons (Fsp3) is 0.222. The molecule has 12 heavy (non-hydrogen) atoms. The summed E-state index contributed by atoms with van der Waals surface area (Å²) in [5.41, 5.74) is 6.61. The van der Waals surface area contributed by atoms with Crippen molar-refractivity contribution < 1.29 is 0 Å². The first-order chi connectivity index (χ1) is 5.92. The zero-order valence-corrected chi connectivity index (χ0v) is 7.47. The highest BCUT2D eigenvalue weighted by molar-refractivity contribution is 7.17. The van der Waals surface area contributed by atoms with Gasteiger partial charge in [0, 0.05) is 22.7 Å². The lowest BCUT2D eigenvalue weighted by Crippen LogP contribution is -2.04. The second kappa shape index (κ2) is 3.21. The van der Waals surface area contributed by atoms with Crippen LogP contribution in [0.2, 0.25) is 0 Å². The van der Waals surface area contributed by atoms with E-state index in [4.69, 9.17) is 5.73 Å². The Bertz CT molecular complexity index is 381. The minimum atomic E-state index is 0.669. The molecule has 0 atom stereocenters. The smallest absolute Gasteiger partial charge is 0.0502 e. The van der Waals surface area contributed by atoms with Gasteiger partial charge in [-0.3, -0.25) is 4.98 Å². The predicted octanol–water partition coefficient (Wildman–Crippen LogP) is 1.80. The standard InChI is InChI=1S/C9H10N2S/c10-4-1-8-7-3-6-12-9(7)2-5-11-8/h2-3,5-6H,1,4,10H2. The van der Waals surface area contributed by atoms with E-state index in [0.717, 1.165) is 12.1 Å². The summed E-state index contributed by atoms with van der Waals surface area (Å²) >= 11 is 1.75. The predicted molar refractivity (Wildman–Crippen MR) is 52.4 cm³/mol. The molecule has 0 saturated heterocycles. The van der Waals surface area contributed by atoms with Crippen molar-refractivity contribution in [3.63, 3.8) is 0 Å². The molecule has 0 bridgehead atoms. The second-order valence-electron chi connectivity index (χ2n) is 2.63. The van der Waals surface area contributed by atoms with Gasteiger partial charge in [-0.15, -0.1) is 11.3 Å². The monoisotopic (exact) mass is 178 g/mol. The first kappa shape index (κ1) is 7.71. The zero-order chi connectivity index (χ0) is 8.39. The van der Waals surface area contributed by atoms with Crippen LogP contribution in [0.1, 0.15) is 5.69 Å². The van der Waals surface area contributed by atoms with E-state index in [1.165, 1.54) is 10.1 Å². The number of pyridine rings is 1. The SMILES string of the molecule is NCCc1nccc2sccc12. The zero-order valence-electron chi connectivity index (χ0n) is 6.66. The Morgan fingerprint density at radius 2 is 2.33 bits per heavy atom. The molecule has 3 heteroatoms. The van der Waals surface area contributed by atoms with E-state index in [0.29, 0.717) is 6.54 Å². The van der Waals surface area contributed by atoms with E-state index in [2.05, 4.69) is 16.4 Å². The molecule has 0 aliphatic rings. The molecule has 0 fully saturated rings. The van der Waals surface area contributed by atoms with Crippen LogP contribution in [-0.4, -0.2) is 11.5 Å². The molecular formula is C9H10N2S. The molecule has 0 radical (unpaired) electrons. The summed E-state index contributed by atoms with van der Waals surface area (Å²) in [6, 6.07) is 4.15. The van der Waals surface area contributed by atoms with Crippen molar-refractivity contribution in [2.24, 2.45) is 5.73 Å². The topological polar surface area (TPSA) is 38.9 Å². The van der Waals surface area contributed by atoms with Crippen molar-refractivity contribution in [1.82, 2.24) is 4.98 Å². The Hall–Kier alpha value is -0.930. The molecule has 2 aromatic heterocycles. The third-order valence-corrected chi connectivity index (χ3v) is 2.73. The largest absolute Gasteiger partial charge is 0.330 e. The van der Waals surface area contributed by atoms with Crippen molar-refractivity contribution >= 4 is 21.4 Å². The minimum absolute atomic E-state index is 0.669. The van der Waals surface area contributed by atoms with Gasteiger partial charge in [0.05, 0.1) is 5.69 Å². The molecule has 0 aliphatic carbocycles. The van der Waals surface area contributed by atoms with Crippen molar-refractivity contribution in [3.05, 3.63) is 29.4 Å². The van der Waals surface area contributed by atoms with E-state index in [1.807, 2.05) is 12.3 Å². The summed E-state index contributed by atoms with van der Waals surface area (Å²) < 4.78 is 1.30. The number of fused-ring (bicyclic) bond motifs is 1. The van der Waals surface area contributed by atoms with Gasteiger partial charge in [0.15, 0.2) is 0 Å². The molecule has 0 amide bonds. The van der Waals surface area contributed by atoms with Crippen LogP contribution in [0.15, 0.2) is 23.7 Å². The quantitative estimate of drug-likeness (QED) is 0.761. The number of thiophene rings is 1. The number of hydrogen-bond acceptors (Lipinski definition) is 3. The molecule has 2 heterocycles. The highest BCUT2D eigenvalue weighted by atomic mass is 32.1. The summed E-state index contributed by atoms with van der Waals surface area (Å²) in [6.07, 6.45) is 2.72. The lowest BCUT2D eigenvalue weighted by molar-refractivity contribution is 0.936. The fourth-order valence-corrected chi connectivity index (χ4v) is 2.09. The molecule has 2 nitrogen and oxygen atoms in total. The number of rotatable bonds is 2. The molecule has 0 aromatic carbocycles. The van der Waals surface area contributed by atoms with Crippen molar-refractivity contribution in [2.45, 2.75) is 6.42 Å². The molecular weight excluding hydrogens is 168 g/mol. The maximum atomic E-state index is 5.48. The molecule has 2 rings (SSSR count). The molecule has 62 valence electrons. The van der Waals surface area contributed by atoms with E-state index in [-0.39, 0.29) is 0 Å². The molecule has 0 spiro atoms. The summed E-state index contributed by atoms with van der Waals surface area (Å²) in [7, 11) is 0. The molecule has 0 saturated carbocycles. The molecule has 0 unspecified atom stereocenters. The van der Waals surface area contributed by atoms with E-state index in [1.54, 1.807) is 11.3 Å². The molecule has 2 N–H and O–H groups in total. The number of nitrogens with two attached hydrogens (primary N) is 1. The average Bonchev–Trinajstić information content (AvgIpc) is 2.53. The van der Waals surface area contributed by atoms with Crippen LogP contribution in [0.25, 0.3) is 10.1 Å². The van der Waals surface area contributed by atoms with Crippen LogP contribution in [0, 0.1) is 0 Å². The number of nitrogens with zero attached hydrogens (tertiary/aromatic N) is 1. The lowest BCUT2D eigenvalue weighted by atomic mass is 10.2. The number of aromatic nitrogens is 1. The van der Waals surface area contributed by atoms with Crippen LogP contribution in [0.4, 0.5) is 0 Å². The summed E-state index contributed by atoms with van der Waals surface area (Å²) in [6.45, 7) is 0.669. The summed E-state index contributed by atoms with van der Waals surface area (Å²) in [5.74, 6) is 0. The normalized spacial score (nSPS) is 10.8. The average molecular weight is 178 g/mol. The van der Waals surface area contributed by atoms with E-state index in [9.17, 15) is 0 Å².